The number of aromatic hydroxyl groups is 1. The van der Waals surface area contributed by atoms with Crippen molar-refractivity contribution in [2.45, 2.75) is 13.3 Å². The van der Waals surface area contributed by atoms with Crippen LogP contribution in [0.15, 0.2) is 23.3 Å². The Balaban J connectivity index is 1.52. The fourth-order valence-electron chi connectivity index (χ4n) is 3.31. The van der Waals surface area contributed by atoms with Crippen LogP contribution in [0, 0.1) is 0 Å². The van der Waals surface area contributed by atoms with Crippen LogP contribution in [-0.2, 0) is 0 Å². The van der Waals surface area contributed by atoms with E-state index in [2.05, 4.69) is 36.7 Å². The second kappa shape index (κ2) is 6.68. The number of H-pyrrole nitrogens is 1. The Morgan fingerprint density at radius 3 is 2.92 bits per heavy atom. The van der Waals surface area contributed by atoms with E-state index in [1.165, 1.54) is 6.42 Å². The molecule has 4 heterocycles. The van der Waals surface area contributed by atoms with Crippen LogP contribution in [0.4, 0.5) is 11.8 Å². The van der Waals surface area contributed by atoms with Crippen molar-refractivity contribution in [1.82, 2.24) is 19.9 Å². The Morgan fingerprint density at radius 1 is 1.28 bits per heavy atom. The number of piperazine rings is 1. The first-order chi connectivity index (χ1) is 12.2. The number of anilines is 1. The molecule has 0 bridgehead atoms. The normalized spacial score (nSPS) is 18.9. The highest BCUT2D eigenvalue weighted by atomic mass is 16.3. The van der Waals surface area contributed by atoms with Crippen molar-refractivity contribution in [3.05, 3.63) is 29.6 Å². The van der Waals surface area contributed by atoms with E-state index < -0.39 is 0 Å². The molecule has 2 aliphatic rings. The Labute approximate surface area is 146 Å². The molecule has 1 saturated heterocycles. The predicted molar refractivity (Wildman–Crippen MR) is 99.5 cm³/mol. The third-order valence-electron chi connectivity index (χ3n) is 4.63. The number of fused-ring (bicyclic) bond motifs is 1. The van der Waals surface area contributed by atoms with Gasteiger partial charge in [0.05, 0.1) is 0 Å². The van der Waals surface area contributed by atoms with E-state index in [-0.39, 0.29) is 5.88 Å². The van der Waals surface area contributed by atoms with E-state index in [1.54, 1.807) is 12.4 Å². The van der Waals surface area contributed by atoms with Crippen LogP contribution >= 0.6 is 0 Å². The average molecular weight is 338 g/mol. The Bertz CT molecular complexity index is 817. The minimum Gasteiger partial charge on any atom is -0.492 e. The number of aromatic nitrogens is 3. The zero-order valence-corrected chi connectivity index (χ0v) is 14.3. The molecule has 2 aromatic heterocycles. The Morgan fingerprint density at radius 2 is 2.12 bits per heavy atom. The molecule has 0 saturated carbocycles. The lowest BCUT2D eigenvalue weighted by molar-refractivity contribution is 0.257. The van der Waals surface area contributed by atoms with Gasteiger partial charge in [0.2, 0.25) is 11.8 Å². The fraction of sp³-hybridized carbons (Fsp3) is 0.389. The van der Waals surface area contributed by atoms with Crippen molar-refractivity contribution in [3.8, 4) is 5.88 Å². The number of nitrogens with zero attached hydrogens (tertiary/aromatic N) is 5. The zero-order chi connectivity index (χ0) is 17.2. The average Bonchev–Trinajstić information content (AvgIpc) is 3.21. The van der Waals surface area contributed by atoms with E-state index in [4.69, 9.17) is 0 Å². The topological polar surface area (TPSA) is 80.6 Å². The summed E-state index contributed by atoms with van der Waals surface area (Å²) >= 11 is 0. The van der Waals surface area contributed by atoms with Gasteiger partial charge in [-0.05, 0) is 31.2 Å². The lowest BCUT2D eigenvalue weighted by Gasteiger charge is -2.34. The standard InChI is InChI=1S/C18H22N6O/c1-2-6-23-7-9-24(10-8-23)18-21-15(17(25)22-18)11-13-12-20-16-14(13)4-3-5-19-16/h3-5,11-12,25H,2,6-10H2,1H3,(H,21,22). The molecule has 0 aliphatic carbocycles. The summed E-state index contributed by atoms with van der Waals surface area (Å²) in [5.41, 5.74) is 2.48. The van der Waals surface area contributed by atoms with Gasteiger partial charge < -0.3 is 15.0 Å². The van der Waals surface area contributed by atoms with E-state index in [0.717, 1.165) is 49.8 Å². The first-order valence-corrected chi connectivity index (χ1v) is 8.72. The van der Waals surface area contributed by atoms with E-state index in [9.17, 15) is 5.11 Å². The van der Waals surface area contributed by atoms with Crippen LogP contribution in [0.2, 0.25) is 0 Å². The summed E-state index contributed by atoms with van der Waals surface area (Å²) in [5, 5.41) is 10.2. The molecule has 130 valence electrons. The molecule has 2 aliphatic heterocycles. The number of pyridine rings is 1. The molecule has 7 heteroatoms. The number of aromatic amines is 1. The van der Waals surface area contributed by atoms with E-state index >= 15 is 0 Å². The highest BCUT2D eigenvalue weighted by Crippen LogP contribution is 2.32. The third kappa shape index (κ3) is 3.15. The highest BCUT2D eigenvalue weighted by molar-refractivity contribution is 6.20. The summed E-state index contributed by atoms with van der Waals surface area (Å²) in [7, 11) is 0. The largest absolute Gasteiger partial charge is 0.492 e. The van der Waals surface area contributed by atoms with Crippen LogP contribution in [0.3, 0.4) is 0 Å². The maximum Gasteiger partial charge on any atom is 0.238 e. The SMILES string of the molecule is CCCN1CCN(c2nc(O)c(C=C3C=Nc4ncccc43)[nH]2)CC1. The van der Waals surface area contributed by atoms with Crippen molar-refractivity contribution in [3.63, 3.8) is 0 Å². The molecular weight excluding hydrogens is 316 g/mol. The van der Waals surface area contributed by atoms with Gasteiger partial charge in [0.1, 0.15) is 5.69 Å². The summed E-state index contributed by atoms with van der Waals surface area (Å²) in [5.74, 6) is 1.45. The molecule has 4 rings (SSSR count). The third-order valence-corrected chi connectivity index (χ3v) is 4.63. The second-order valence-electron chi connectivity index (χ2n) is 6.36. The quantitative estimate of drug-likeness (QED) is 0.894. The summed E-state index contributed by atoms with van der Waals surface area (Å²) in [6.07, 6.45) is 6.54. The number of hydrogen-bond donors (Lipinski definition) is 2. The second-order valence-corrected chi connectivity index (χ2v) is 6.36. The van der Waals surface area contributed by atoms with Crippen molar-refractivity contribution in [1.29, 1.82) is 0 Å². The summed E-state index contributed by atoms with van der Waals surface area (Å²) in [4.78, 5) is 20.7. The molecule has 0 unspecified atom stereocenters. The number of rotatable bonds is 4. The first-order valence-electron chi connectivity index (χ1n) is 8.72. The summed E-state index contributed by atoms with van der Waals surface area (Å²) in [6, 6.07) is 3.86. The first kappa shape index (κ1) is 15.8. The van der Waals surface area contributed by atoms with Gasteiger partial charge in [-0.25, -0.2) is 9.98 Å². The molecule has 0 aromatic carbocycles. The zero-order valence-electron chi connectivity index (χ0n) is 14.3. The molecule has 1 fully saturated rings. The minimum absolute atomic E-state index is 0.0178. The van der Waals surface area contributed by atoms with Crippen LogP contribution in [0.1, 0.15) is 24.6 Å². The molecule has 25 heavy (non-hydrogen) atoms. The van der Waals surface area contributed by atoms with E-state index in [1.807, 2.05) is 18.2 Å². The smallest absolute Gasteiger partial charge is 0.238 e. The van der Waals surface area contributed by atoms with Gasteiger partial charge in [0.25, 0.3) is 0 Å². The van der Waals surface area contributed by atoms with E-state index in [0.29, 0.717) is 11.5 Å². The lowest BCUT2D eigenvalue weighted by Crippen LogP contribution is -2.46. The lowest BCUT2D eigenvalue weighted by atomic mass is 10.1. The van der Waals surface area contributed by atoms with Gasteiger partial charge in [-0.15, -0.1) is 0 Å². The van der Waals surface area contributed by atoms with Crippen molar-refractivity contribution in [2.24, 2.45) is 4.99 Å². The van der Waals surface area contributed by atoms with Gasteiger partial charge >= 0.3 is 0 Å². The maximum atomic E-state index is 10.2. The fourth-order valence-corrected chi connectivity index (χ4v) is 3.31. The molecule has 2 N–H and O–H groups in total. The molecular formula is C18H22N6O. The number of imidazole rings is 1. The minimum atomic E-state index is 0.0178. The predicted octanol–water partition coefficient (Wildman–Crippen LogP) is 2.30. The summed E-state index contributed by atoms with van der Waals surface area (Å²) < 4.78 is 0. The van der Waals surface area contributed by atoms with Crippen molar-refractivity contribution < 1.29 is 5.11 Å². The number of nitrogens with one attached hydrogen (secondary N) is 1. The highest BCUT2D eigenvalue weighted by Gasteiger charge is 2.21. The van der Waals surface area contributed by atoms with Crippen LogP contribution in [0.25, 0.3) is 11.6 Å². The van der Waals surface area contributed by atoms with Gasteiger partial charge in [-0.1, -0.05) is 6.92 Å². The monoisotopic (exact) mass is 338 g/mol. The van der Waals surface area contributed by atoms with Gasteiger partial charge in [-0.2, -0.15) is 4.98 Å². The van der Waals surface area contributed by atoms with Gasteiger partial charge in [0, 0.05) is 49.7 Å². The molecule has 0 radical (unpaired) electrons. The van der Waals surface area contributed by atoms with Crippen molar-refractivity contribution in [2.75, 3.05) is 37.6 Å². The Kier molecular flexibility index (Phi) is 4.23. The number of hydrogen-bond acceptors (Lipinski definition) is 6. The molecule has 0 amide bonds. The molecule has 7 nitrogen and oxygen atoms in total. The van der Waals surface area contributed by atoms with Gasteiger partial charge in [0.15, 0.2) is 5.82 Å². The van der Waals surface area contributed by atoms with Crippen LogP contribution < -0.4 is 4.90 Å². The van der Waals surface area contributed by atoms with Gasteiger partial charge in [-0.3, -0.25) is 4.90 Å². The van der Waals surface area contributed by atoms with Crippen LogP contribution in [-0.4, -0.2) is 63.9 Å². The molecule has 0 spiro atoms. The number of aliphatic imine (C=N–C) groups is 1. The maximum absolute atomic E-state index is 10.2. The number of allylic oxidation sites excluding steroid dienone is 1. The van der Waals surface area contributed by atoms with Crippen molar-refractivity contribution >= 4 is 29.6 Å². The Hall–Kier alpha value is -2.67. The summed E-state index contributed by atoms with van der Waals surface area (Å²) in [6.45, 7) is 7.22. The molecule has 2 aromatic rings. The molecule has 0 atom stereocenters. The van der Waals surface area contributed by atoms with Crippen LogP contribution in [0.5, 0.6) is 5.88 Å².